The van der Waals surface area contributed by atoms with Crippen molar-refractivity contribution in [3.8, 4) is 22.7 Å². The zero-order chi connectivity index (χ0) is 15.8. The average molecular weight is 303 g/mol. The molecule has 4 rings (SSSR count). The van der Waals surface area contributed by atoms with Gasteiger partial charge in [0.1, 0.15) is 11.5 Å². The van der Waals surface area contributed by atoms with Gasteiger partial charge in [-0.25, -0.2) is 15.0 Å². The quantitative estimate of drug-likeness (QED) is 0.604. The average Bonchev–Trinajstić information content (AvgIpc) is 3.24. The van der Waals surface area contributed by atoms with Crippen LogP contribution in [0, 0.1) is 0 Å². The van der Waals surface area contributed by atoms with E-state index in [2.05, 4.69) is 26.5 Å². The number of rotatable bonds is 3. The second-order valence-corrected chi connectivity index (χ2v) is 5.02. The fraction of sp³-hybridized carbons (Fsp3) is 0. The number of fused-ring (bicyclic) bond motifs is 1. The minimum absolute atomic E-state index is 0.459. The first-order valence-electron chi connectivity index (χ1n) is 7.04. The third-order valence-corrected chi connectivity index (χ3v) is 3.57. The minimum Gasteiger partial charge on any atom is -0.437 e. The number of aromatic nitrogens is 4. The Kier molecular flexibility index (Phi) is 2.94. The van der Waals surface area contributed by atoms with E-state index in [-0.39, 0.29) is 0 Å². The summed E-state index contributed by atoms with van der Waals surface area (Å²) in [6, 6.07) is 9.57. The molecule has 0 radical (unpaired) electrons. The summed E-state index contributed by atoms with van der Waals surface area (Å²) in [6.45, 7) is 3.63. The number of hydrogen-bond donors (Lipinski definition) is 2. The first-order chi connectivity index (χ1) is 11.2. The molecule has 0 saturated heterocycles. The highest BCUT2D eigenvalue weighted by Gasteiger charge is 2.09. The maximum atomic E-state index is 5.97. The molecule has 6 nitrogen and oxygen atoms in total. The van der Waals surface area contributed by atoms with Crippen LogP contribution in [0.4, 0.5) is 5.82 Å². The molecule has 0 atom stereocenters. The molecule has 3 N–H and O–H groups in total. The standard InChI is InChI=1S/C17H13N5O/c1-2-14-20-9-13(23-14)10-3-5-11(6-4-10)16-21-15(18)12-7-8-19-17(12)22-16/h2-9H,1H2,(H3,18,19,21,22). The highest BCUT2D eigenvalue weighted by Crippen LogP contribution is 2.26. The molecule has 0 aliphatic rings. The Bertz CT molecular complexity index is 997. The van der Waals surface area contributed by atoms with E-state index >= 15 is 0 Å². The van der Waals surface area contributed by atoms with Gasteiger partial charge in [0.25, 0.3) is 0 Å². The van der Waals surface area contributed by atoms with Gasteiger partial charge in [0, 0.05) is 17.3 Å². The van der Waals surface area contributed by atoms with Crippen LogP contribution in [0.15, 0.2) is 53.7 Å². The maximum absolute atomic E-state index is 5.97. The van der Waals surface area contributed by atoms with Crippen LogP contribution >= 0.6 is 0 Å². The van der Waals surface area contributed by atoms with Crippen molar-refractivity contribution in [3.05, 3.63) is 55.2 Å². The smallest absolute Gasteiger partial charge is 0.218 e. The molecule has 4 aromatic rings. The Morgan fingerprint density at radius 2 is 1.87 bits per heavy atom. The maximum Gasteiger partial charge on any atom is 0.218 e. The molecule has 0 fully saturated rings. The van der Waals surface area contributed by atoms with Gasteiger partial charge in [0.05, 0.1) is 11.6 Å². The van der Waals surface area contributed by atoms with E-state index in [9.17, 15) is 0 Å². The van der Waals surface area contributed by atoms with Crippen LogP contribution in [0.25, 0.3) is 39.8 Å². The molecule has 23 heavy (non-hydrogen) atoms. The monoisotopic (exact) mass is 303 g/mol. The van der Waals surface area contributed by atoms with Crippen LogP contribution in [0.3, 0.4) is 0 Å². The number of oxazole rings is 1. The van der Waals surface area contributed by atoms with E-state index < -0.39 is 0 Å². The van der Waals surface area contributed by atoms with Crippen LogP contribution < -0.4 is 5.73 Å². The van der Waals surface area contributed by atoms with Crippen LogP contribution in [0.2, 0.25) is 0 Å². The first-order valence-corrected chi connectivity index (χ1v) is 7.04. The molecule has 3 aromatic heterocycles. The molecule has 0 amide bonds. The van der Waals surface area contributed by atoms with E-state index in [4.69, 9.17) is 10.2 Å². The lowest BCUT2D eigenvalue weighted by Gasteiger charge is -2.03. The van der Waals surface area contributed by atoms with Crippen molar-refractivity contribution in [1.82, 2.24) is 19.9 Å². The van der Waals surface area contributed by atoms with E-state index in [1.807, 2.05) is 30.3 Å². The number of H-pyrrole nitrogens is 1. The summed E-state index contributed by atoms with van der Waals surface area (Å²) in [7, 11) is 0. The van der Waals surface area contributed by atoms with Crippen LogP contribution in [0.1, 0.15) is 5.89 Å². The SMILES string of the molecule is C=Cc1ncc(-c2ccc(-c3nc(N)c4cc[nH]c4n3)cc2)o1. The van der Waals surface area contributed by atoms with Crippen molar-refractivity contribution < 1.29 is 4.42 Å². The number of nitrogen functional groups attached to an aromatic ring is 1. The van der Waals surface area contributed by atoms with Gasteiger partial charge >= 0.3 is 0 Å². The van der Waals surface area contributed by atoms with Gasteiger partial charge in [-0.2, -0.15) is 0 Å². The zero-order valence-corrected chi connectivity index (χ0v) is 12.2. The predicted octanol–water partition coefficient (Wildman–Crippen LogP) is 3.51. The largest absolute Gasteiger partial charge is 0.437 e. The van der Waals surface area contributed by atoms with Crippen molar-refractivity contribution in [2.24, 2.45) is 0 Å². The molecule has 0 unspecified atom stereocenters. The summed E-state index contributed by atoms with van der Waals surface area (Å²) in [4.78, 5) is 16.0. The lowest BCUT2D eigenvalue weighted by atomic mass is 10.1. The van der Waals surface area contributed by atoms with Gasteiger partial charge in [-0.15, -0.1) is 0 Å². The molecule has 0 saturated carbocycles. The van der Waals surface area contributed by atoms with Gasteiger partial charge in [0.2, 0.25) is 5.89 Å². The molecule has 0 bridgehead atoms. The van der Waals surface area contributed by atoms with Crippen molar-refractivity contribution >= 4 is 22.9 Å². The predicted molar refractivity (Wildman–Crippen MR) is 89.3 cm³/mol. The number of nitrogens with two attached hydrogens (primary N) is 1. The van der Waals surface area contributed by atoms with E-state index in [1.165, 1.54) is 0 Å². The highest BCUT2D eigenvalue weighted by atomic mass is 16.4. The summed E-state index contributed by atoms with van der Waals surface area (Å²) in [5, 5.41) is 0.823. The Balaban J connectivity index is 1.72. The summed E-state index contributed by atoms with van der Waals surface area (Å²) in [6.07, 6.45) is 5.04. The molecule has 1 aromatic carbocycles. The van der Waals surface area contributed by atoms with Crippen LogP contribution in [-0.2, 0) is 0 Å². The molecule has 112 valence electrons. The van der Waals surface area contributed by atoms with Crippen molar-refractivity contribution in [1.29, 1.82) is 0 Å². The fourth-order valence-corrected chi connectivity index (χ4v) is 2.39. The number of nitrogens with one attached hydrogen (secondary N) is 1. The Hall–Kier alpha value is -3.41. The van der Waals surface area contributed by atoms with E-state index in [1.54, 1.807) is 18.5 Å². The van der Waals surface area contributed by atoms with Gasteiger partial charge < -0.3 is 15.1 Å². The van der Waals surface area contributed by atoms with Crippen molar-refractivity contribution in [2.45, 2.75) is 0 Å². The van der Waals surface area contributed by atoms with Crippen LogP contribution in [-0.4, -0.2) is 19.9 Å². The van der Waals surface area contributed by atoms with Gasteiger partial charge in [-0.05, 0) is 12.1 Å². The molecule has 3 heterocycles. The van der Waals surface area contributed by atoms with Crippen molar-refractivity contribution in [2.75, 3.05) is 5.73 Å². The van der Waals surface area contributed by atoms with Crippen molar-refractivity contribution in [3.63, 3.8) is 0 Å². The minimum atomic E-state index is 0.459. The van der Waals surface area contributed by atoms with E-state index in [0.717, 1.165) is 22.2 Å². The summed E-state index contributed by atoms with van der Waals surface area (Å²) >= 11 is 0. The van der Waals surface area contributed by atoms with Gasteiger partial charge in [-0.3, -0.25) is 0 Å². The topological polar surface area (TPSA) is 93.6 Å². The van der Waals surface area contributed by atoms with Crippen LogP contribution in [0.5, 0.6) is 0 Å². The molecule has 0 aliphatic carbocycles. The summed E-state index contributed by atoms with van der Waals surface area (Å²) < 4.78 is 5.55. The molecule has 6 heteroatoms. The lowest BCUT2D eigenvalue weighted by molar-refractivity contribution is 0.560. The number of hydrogen-bond acceptors (Lipinski definition) is 5. The second-order valence-electron chi connectivity index (χ2n) is 5.02. The summed E-state index contributed by atoms with van der Waals surface area (Å²) in [5.74, 6) is 2.22. The number of nitrogens with zero attached hydrogens (tertiary/aromatic N) is 3. The third-order valence-electron chi connectivity index (χ3n) is 3.57. The number of benzene rings is 1. The fourth-order valence-electron chi connectivity index (χ4n) is 2.39. The summed E-state index contributed by atoms with van der Waals surface area (Å²) in [5.41, 5.74) is 8.49. The third kappa shape index (κ3) is 2.26. The molecular formula is C17H13N5O. The number of anilines is 1. The first kappa shape index (κ1) is 13.3. The second kappa shape index (κ2) is 5.10. The van der Waals surface area contributed by atoms with Gasteiger partial charge in [0.15, 0.2) is 11.6 Å². The Labute approximate surface area is 131 Å². The highest BCUT2D eigenvalue weighted by molar-refractivity contribution is 5.87. The molecule has 0 aliphatic heterocycles. The Morgan fingerprint density at radius 3 is 2.61 bits per heavy atom. The Morgan fingerprint density at radius 1 is 1.09 bits per heavy atom. The lowest BCUT2D eigenvalue weighted by Crippen LogP contribution is -1.96. The number of aromatic amines is 1. The zero-order valence-electron chi connectivity index (χ0n) is 12.2. The molecule has 0 spiro atoms. The normalized spacial score (nSPS) is 11.0. The van der Waals surface area contributed by atoms with E-state index in [0.29, 0.717) is 23.3 Å². The van der Waals surface area contributed by atoms with Gasteiger partial charge in [-0.1, -0.05) is 30.8 Å². The molecular weight excluding hydrogens is 290 g/mol.